The van der Waals surface area contributed by atoms with Gasteiger partial charge in [-0.2, -0.15) is 13.2 Å². The molecule has 6 heteroatoms. The maximum Gasteiger partial charge on any atom is 0.416 e. The van der Waals surface area contributed by atoms with E-state index in [0.717, 1.165) is 21.4 Å². The molecule has 0 spiro atoms. The van der Waals surface area contributed by atoms with E-state index in [1.165, 1.54) is 23.5 Å². The standard InChI is InChI=1S/C14H15F3N2S/c1-8-7-12(20-9(8)2)13(19-18)10-5-3-4-6-11(10)14(15,16)17/h3-7,13,19H,18H2,1-2H3. The molecule has 1 atom stereocenters. The number of rotatable bonds is 3. The van der Waals surface area contributed by atoms with Crippen LogP contribution in [0.1, 0.15) is 32.5 Å². The lowest BCUT2D eigenvalue weighted by molar-refractivity contribution is -0.138. The van der Waals surface area contributed by atoms with Crippen LogP contribution in [-0.4, -0.2) is 0 Å². The molecule has 2 nitrogen and oxygen atoms in total. The summed E-state index contributed by atoms with van der Waals surface area (Å²) in [6, 6.07) is 6.71. The SMILES string of the molecule is Cc1cc(C(NN)c2ccccc2C(F)(F)F)sc1C. The Hall–Kier alpha value is -1.37. The molecule has 1 heterocycles. The average molecular weight is 300 g/mol. The minimum Gasteiger partial charge on any atom is -0.271 e. The first-order valence-electron chi connectivity index (χ1n) is 6.03. The highest BCUT2D eigenvalue weighted by Crippen LogP contribution is 2.38. The van der Waals surface area contributed by atoms with Crippen LogP contribution in [0, 0.1) is 13.8 Å². The Kier molecular flexibility index (Phi) is 4.17. The summed E-state index contributed by atoms with van der Waals surface area (Å²) in [7, 11) is 0. The van der Waals surface area contributed by atoms with Crippen molar-refractivity contribution in [2.45, 2.75) is 26.1 Å². The van der Waals surface area contributed by atoms with E-state index in [1.54, 1.807) is 6.07 Å². The third-order valence-corrected chi connectivity index (χ3v) is 4.43. The lowest BCUT2D eigenvalue weighted by atomic mass is 9.99. The van der Waals surface area contributed by atoms with Gasteiger partial charge in [0.2, 0.25) is 0 Å². The number of halogens is 3. The number of hydrogen-bond acceptors (Lipinski definition) is 3. The smallest absolute Gasteiger partial charge is 0.271 e. The molecule has 0 fully saturated rings. The van der Waals surface area contributed by atoms with Gasteiger partial charge in [0.1, 0.15) is 0 Å². The average Bonchev–Trinajstić information content (AvgIpc) is 2.70. The van der Waals surface area contributed by atoms with Gasteiger partial charge in [-0.15, -0.1) is 11.3 Å². The zero-order valence-corrected chi connectivity index (χ0v) is 11.9. The van der Waals surface area contributed by atoms with E-state index in [4.69, 9.17) is 5.84 Å². The Morgan fingerprint density at radius 2 is 1.85 bits per heavy atom. The van der Waals surface area contributed by atoms with Crippen molar-refractivity contribution in [1.29, 1.82) is 0 Å². The number of benzene rings is 1. The summed E-state index contributed by atoms with van der Waals surface area (Å²) in [5.41, 5.74) is 3.03. The molecular formula is C14H15F3N2S. The quantitative estimate of drug-likeness (QED) is 0.665. The molecule has 0 amide bonds. The minimum absolute atomic E-state index is 0.142. The number of nitrogens with two attached hydrogens (primary N) is 1. The van der Waals surface area contributed by atoms with Crippen LogP contribution >= 0.6 is 11.3 Å². The molecule has 2 aromatic rings. The van der Waals surface area contributed by atoms with Gasteiger partial charge in [-0.3, -0.25) is 5.84 Å². The Morgan fingerprint density at radius 1 is 1.20 bits per heavy atom. The summed E-state index contributed by atoms with van der Waals surface area (Å²) in [4.78, 5) is 1.85. The molecule has 1 unspecified atom stereocenters. The van der Waals surface area contributed by atoms with Crippen molar-refractivity contribution >= 4 is 11.3 Å². The molecule has 0 saturated heterocycles. The first kappa shape index (κ1) is 15.0. The molecule has 0 bridgehead atoms. The van der Waals surface area contributed by atoms with Crippen LogP contribution in [0.4, 0.5) is 13.2 Å². The predicted molar refractivity (Wildman–Crippen MR) is 74.4 cm³/mol. The van der Waals surface area contributed by atoms with E-state index in [9.17, 15) is 13.2 Å². The predicted octanol–water partition coefficient (Wildman–Crippen LogP) is 3.94. The molecule has 2 rings (SSSR count). The highest BCUT2D eigenvalue weighted by atomic mass is 32.1. The van der Waals surface area contributed by atoms with Gasteiger partial charge in [-0.1, -0.05) is 18.2 Å². The van der Waals surface area contributed by atoms with Crippen LogP contribution in [0.5, 0.6) is 0 Å². The molecule has 0 aliphatic carbocycles. The maximum absolute atomic E-state index is 13.1. The van der Waals surface area contributed by atoms with Crippen molar-refractivity contribution in [3.63, 3.8) is 0 Å². The fourth-order valence-corrected chi connectivity index (χ4v) is 3.20. The zero-order chi connectivity index (χ0) is 14.9. The molecule has 0 aliphatic heterocycles. The molecule has 1 aromatic carbocycles. The molecule has 3 N–H and O–H groups in total. The summed E-state index contributed by atoms with van der Waals surface area (Å²) in [5.74, 6) is 5.50. The lowest BCUT2D eigenvalue weighted by Gasteiger charge is -2.20. The van der Waals surface area contributed by atoms with Gasteiger partial charge in [-0.05, 0) is 37.1 Å². The largest absolute Gasteiger partial charge is 0.416 e. The third-order valence-electron chi connectivity index (χ3n) is 3.21. The van der Waals surface area contributed by atoms with Crippen LogP contribution in [-0.2, 0) is 6.18 Å². The van der Waals surface area contributed by atoms with Crippen LogP contribution in [0.2, 0.25) is 0 Å². The van der Waals surface area contributed by atoms with E-state index in [1.807, 2.05) is 19.9 Å². The van der Waals surface area contributed by atoms with E-state index >= 15 is 0 Å². The van der Waals surface area contributed by atoms with E-state index < -0.39 is 17.8 Å². The number of alkyl halides is 3. The monoisotopic (exact) mass is 300 g/mol. The number of nitrogens with one attached hydrogen (secondary N) is 1. The first-order valence-corrected chi connectivity index (χ1v) is 6.85. The second-order valence-electron chi connectivity index (χ2n) is 4.57. The maximum atomic E-state index is 13.1. The number of hydrogen-bond donors (Lipinski definition) is 2. The Morgan fingerprint density at radius 3 is 2.35 bits per heavy atom. The Balaban J connectivity index is 2.53. The van der Waals surface area contributed by atoms with E-state index in [2.05, 4.69) is 5.43 Å². The van der Waals surface area contributed by atoms with Crippen molar-refractivity contribution < 1.29 is 13.2 Å². The second kappa shape index (κ2) is 5.55. The van der Waals surface area contributed by atoms with Crippen LogP contribution in [0.15, 0.2) is 30.3 Å². The number of thiophene rings is 1. The summed E-state index contributed by atoms with van der Waals surface area (Å²) in [6.07, 6.45) is -4.40. The molecule has 1 aromatic heterocycles. The number of hydrazine groups is 1. The van der Waals surface area contributed by atoms with Gasteiger partial charge in [0, 0.05) is 9.75 Å². The zero-order valence-electron chi connectivity index (χ0n) is 11.1. The van der Waals surface area contributed by atoms with Crippen LogP contribution in [0.25, 0.3) is 0 Å². The van der Waals surface area contributed by atoms with Crippen molar-refractivity contribution in [2.75, 3.05) is 0 Å². The first-order chi connectivity index (χ1) is 9.34. The van der Waals surface area contributed by atoms with Gasteiger partial charge < -0.3 is 0 Å². The van der Waals surface area contributed by atoms with Crippen molar-refractivity contribution in [3.8, 4) is 0 Å². The molecular weight excluding hydrogens is 285 g/mol. The van der Waals surface area contributed by atoms with Crippen molar-refractivity contribution in [2.24, 2.45) is 5.84 Å². The molecule has 20 heavy (non-hydrogen) atoms. The fraction of sp³-hybridized carbons (Fsp3) is 0.286. The minimum atomic E-state index is -4.40. The van der Waals surface area contributed by atoms with Gasteiger partial charge in [-0.25, -0.2) is 5.43 Å². The fourth-order valence-electron chi connectivity index (χ4n) is 2.08. The summed E-state index contributed by atoms with van der Waals surface area (Å²) >= 11 is 1.45. The van der Waals surface area contributed by atoms with Gasteiger partial charge in [0.15, 0.2) is 0 Å². The highest BCUT2D eigenvalue weighted by Gasteiger charge is 2.35. The van der Waals surface area contributed by atoms with E-state index in [-0.39, 0.29) is 5.56 Å². The molecule has 108 valence electrons. The molecule has 0 saturated carbocycles. The highest BCUT2D eigenvalue weighted by molar-refractivity contribution is 7.12. The van der Waals surface area contributed by atoms with Crippen LogP contribution < -0.4 is 11.3 Å². The number of aryl methyl sites for hydroxylation is 2. The normalized spacial score (nSPS) is 13.5. The summed E-state index contributed by atoms with van der Waals surface area (Å²) in [5, 5.41) is 0. The summed E-state index contributed by atoms with van der Waals surface area (Å²) in [6.45, 7) is 3.87. The topological polar surface area (TPSA) is 38.0 Å². The van der Waals surface area contributed by atoms with Crippen molar-refractivity contribution in [1.82, 2.24) is 5.43 Å². The van der Waals surface area contributed by atoms with Gasteiger partial charge >= 0.3 is 6.18 Å². The Labute approximate surface area is 119 Å². The van der Waals surface area contributed by atoms with Gasteiger partial charge in [0.05, 0.1) is 11.6 Å². The Bertz CT molecular complexity index is 585. The van der Waals surface area contributed by atoms with E-state index in [0.29, 0.717) is 0 Å². The lowest BCUT2D eigenvalue weighted by Crippen LogP contribution is -2.30. The molecule has 0 radical (unpaired) electrons. The third kappa shape index (κ3) is 2.87. The van der Waals surface area contributed by atoms with Gasteiger partial charge in [0.25, 0.3) is 0 Å². The van der Waals surface area contributed by atoms with Crippen molar-refractivity contribution in [3.05, 3.63) is 56.8 Å². The van der Waals surface area contributed by atoms with Crippen LogP contribution in [0.3, 0.4) is 0 Å². The second-order valence-corrected chi connectivity index (χ2v) is 5.86. The molecule has 0 aliphatic rings. The summed E-state index contributed by atoms with van der Waals surface area (Å²) < 4.78 is 39.2.